The number of hydrogen-bond donors (Lipinski definition) is 1. The number of aryl methyl sites for hydroxylation is 1. The first-order valence-electron chi connectivity index (χ1n) is 7.89. The summed E-state index contributed by atoms with van der Waals surface area (Å²) in [5.74, 6) is 1.21. The SMILES string of the molecule is CCc1nnc(N2CCCC(CCO)C2)c(C#N)c1CC. The first kappa shape index (κ1) is 15.7. The van der Waals surface area contributed by atoms with Gasteiger partial charge in [-0.25, -0.2) is 0 Å². The van der Waals surface area contributed by atoms with Crippen LogP contribution in [0.2, 0.25) is 0 Å². The molecule has 0 bridgehead atoms. The monoisotopic (exact) mass is 288 g/mol. The molecule has 1 saturated heterocycles. The van der Waals surface area contributed by atoms with Crippen molar-refractivity contribution in [1.82, 2.24) is 10.2 Å². The van der Waals surface area contributed by atoms with Crippen molar-refractivity contribution in [3.8, 4) is 6.07 Å². The Balaban J connectivity index is 2.33. The topological polar surface area (TPSA) is 73.0 Å². The second-order valence-electron chi connectivity index (χ2n) is 5.61. The standard InChI is InChI=1S/C16H24N4O/c1-3-13-14(10-17)16(19-18-15(13)4-2)20-8-5-6-12(11-20)7-9-21/h12,21H,3-9,11H2,1-2H3. The summed E-state index contributed by atoms with van der Waals surface area (Å²) < 4.78 is 0. The molecule has 21 heavy (non-hydrogen) atoms. The van der Waals surface area contributed by atoms with Crippen molar-refractivity contribution in [1.29, 1.82) is 5.26 Å². The summed E-state index contributed by atoms with van der Waals surface area (Å²) >= 11 is 0. The van der Waals surface area contributed by atoms with Gasteiger partial charge in [-0.15, -0.1) is 5.10 Å². The lowest BCUT2D eigenvalue weighted by Crippen LogP contribution is -2.37. The van der Waals surface area contributed by atoms with E-state index in [1.807, 2.05) is 6.92 Å². The van der Waals surface area contributed by atoms with Crippen molar-refractivity contribution in [2.75, 3.05) is 24.6 Å². The third-order valence-corrected chi connectivity index (χ3v) is 4.30. The summed E-state index contributed by atoms with van der Waals surface area (Å²) in [6.45, 7) is 6.11. The number of hydrogen-bond acceptors (Lipinski definition) is 5. The smallest absolute Gasteiger partial charge is 0.169 e. The molecule has 1 aromatic heterocycles. The van der Waals surface area contributed by atoms with Crippen LogP contribution in [0.1, 0.15) is 49.9 Å². The lowest BCUT2D eigenvalue weighted by Gasteiger charge is -2.33. The van der Waals surface area contributed by atoms with Crippen LogP contribution in [-0.2, 0) is 12.8 Å². The molecule has 1 unspecified atom stereocenters. The molecule has 0 radical (unpaired) electrons. The average Bonchev–Trinajstić information content (AvgIpc) is 2.53. The zero-order chi connectivity index (χ0) is 15.2. The molecule has 1 aliphatic rings. The molecule has 0 aromatic carbocycles. The maximum absolute atomic E-state index is 9.57. The van der Waals surface area contributed by atoms with E-state index in [2.05, 4.69) is 28.1 Å². The number of aliphatic hydroxyl groups is 1. The van der Waals surface area contributed by atoms with Crippen molar-refractivity contribution in [2.45, 2.75) is 46.0 Å². The van der Waals surface area contributed by atoms with Gasteiger partial charge in [0.15, 0.2) is 5.82 Å². The summed E-state index contributed by atoms with van der Waals surface area (Å²) in [4.78, 5) is 2.17. The molecule has 2 rings (SSSR count). The van der Waals surface area contributed by atoms with E-state index in [-0.39, 0.29) is 6.61 Å². The van der Waals surface area contributed by atoms with Gasteiger partial charge in [-0.05, 0) is 43.6 Å². The largest absolute Gasteiger partial charge is 0.396 e. The summed E-state index contributed by atoms with van der Waals surface area (Å²) in [6, 6.07) is 2.34. The van der Waals surface area contributed by atoms with Crippen molar-refractivity contribution in [2.24, 2.45) is 5.92 Å². The van der Waals surface area contributed by atoms with Crippen molar-refractivity contribution < 1.29 is 5.11 Å². The molecule has 0 aliphatic carbocycles. The third kappa shape index (κ3) is 3.33. The molecule has 0 amide bonds. The fourth-order valence-corrected chi connectivity index (χ4v) is 3.18. The number of nitrogens with zero attached hydrogens (tertiary/aromatic N) is 4. The predicted octanol–water partition coefficient (Wildman–Crippen LogP) is 2.07. The Kier molecular flexibility index (Phi) is 5.51. The first-order chi connectivity index (χ1) is 10.2. The second-order valence-corrected chi connectivity index (χ2v) is 5.61. The van der Waals surface area contributed by atoms with Gasteiger partial charge in [-0.2, -0.15) is 10.4 Å². The number of rotatable bonds is 5. The number of aliphatic hydroxyl groups excluding tert-OH is 1. The molecule has 114 valence electrons. The molecule has 1 fully saturated rings. The molecule has 0 spiro atoms. The van der Waals surface area contributed by atoms with Gasteiger partial charge in [0.2, 0.25) is 0 Å². The van der Waals surface area contributed by atoms with Crippen molar-refractivity contribution in [3.05, 3.63) is 16.8 Å². The Labute approximate surface area is 126 Å². The molecule has 0 saturated carbocycles. The summed E-state index contributed by atoms with van der Waals surface area (Å²) in [6.07, 6.45) is 4.65. The Morgan fingerprint density at radius 1 is 1.33 bits per heavy atom. The molecular formula is C16H24N4O. The molecule has 1 aliphatic heterocycles. The summed E-state index contributed by atoms with van der Waals surface area (Å²) in [7, 11) is 0. The number of piperidine rings is 1. The normalized spacial score (nSPS) is 18.6. The van der Waals surface area contributed by atoms with Gasteiger partial charge in [0.1, 0.15) is 11.6 Å². The maximum Gasteiger partial charge on any atom is 0.169 e. The molecule has 2 heterocycles. The lowest BCUT2D eigenvalue weighted by atomic mass is 9.94. The summed E-state index contributed by atoms with van der Waals surface area (Å²) in [5.41, 5.74) is 2.66. The van der Waals surface area contributed by atoms with E-state index in [0.717, 1.165) is 62.3 Å². The average molecular weight is 288 g/mol. The van der Waals surface area contributed by atoms with E-state index in [1.54, 1.807) is 0 Å². The molecule has 5 nitrogen and oxygen atoms in total. The number of nitriles is 1. The van der Waals surface area contributed by atoms with E-state index in [0.29, 0.717) is 11.5 Å². The highest BCUT2D eigenvalue weighted by atomic mass is 16.3. The minimum atomic E-state index is 0.226. The van der Waals surface area contributed by atoms with E-state index >= 15 is 0 Å². The number of aromatic nitrogens is 2. The Hall–Kier alpha value is -1.67. The van der Waals surface area contributed by atoms with E-state index < -0.39 is 0 Å². The minimum Gasteiger partial charge on any atom is -0.396 e. The quantitative estimate of drug-likeness (QED) is 0.898. The van der Waals surface area contributed by atoms with Crippen molar-refractivity contribution >= 4 is 5.82 Å². The molecule has 5 heteroatoms. The van der Waals surface area contributed by atoms with E-state index in [1.165, 1.54) is 0 Å². The second kappa shape index (κ2) is 7.37. The zero-order valence-electron chi connectivity index (χ0n) is 13.0. The van der Waals surface area contributed by atoms with E-state index in [4.69, 9.17) is 5.11 Å². The molecule has 1 atom stereocenters. The predicted molar refractivity (Wildman–Crippen MR) is 82.1 cm³/mol. The highest BCUT2D eigenvalue weighted by Crippen LogP contribution is 2.28. The summed E-state index contributed by atoms with van der Waals surface area (Å²) in [5, 5.41) is 27.4. The van der Waals surface area contributed by atoms with Crippen molar-refractivity contribution in [3.63, 3.8) is 0 Å². The van der Waals surface area contributed by atoms with Gasteiger partial charge in [0, 0.05) is 19.7 Å². The fraction of sp³-hybridized carbons (Fsp3) is 0.688. The van der Waals surface area contributed by atoms with Crippen LogP contribution in [0.4, 0.5) is 5.82 Å². The van der Waals surface area contributed by atoms with Gasteiger partial charge in [-0.3, -0.25) is 0 Å². The lowest BCUT2D eigenvalue weighted by molar-refractivity contribution is 0.244. The highest BCUT2D eigenvalue weighted by molar-refractivity contribution is 5.58. The first-order valence-corrected chi connectivity index (χ1v) is 7.89. The third-order valence-electron chi connectivity index (χ3n) is 4.30. The van der Waals surface area contributed by atoms with Crippen LogP contribution in [0.15, 0.2) is 0 Å². The number of anilines is 1. The van der Waals surface area contributed by atoms with Gasteiger partial charge < -0.3 is 10.0 Å². The van der Waals surface area contributed by atoms with Crippen LogP contribution in [-0.4, -0.2) is 35.0 Å². The Morgan fingerprint density at radius 3 is 2.76 bits per heavy atom. The van der Waals surface area contributed by atoms with E-state index in [9.17, 15) is 5.26 Å². The Morgan fingerprint density at radius 2 is 2.14 bits per heavy atom. The fourth-order valence-electron chi connectivity index (χ4n) is 3.18. The Bertz CT molecular complexity index is 522. The van der Waals surface area contributed by atoms with Crippen LogP contribution in [0, 0.1) is 17.2 Å². The zero-order valence-corrected chi connectivity index (χ0v) is 13.0. The van der Waals surface area contributed by atoms with Crippen LogP contribution in [0.5, 0.6) is 0 Å². The van der Waals surface area contributed by atoms with Gasteiger partial charge in [0.05, 0.1) is 5.69 Å². The highest BCUT2D eigenvalue weighted by Gasteiger charge is 2.25. The van der Waals surface area contributed by atoms with Gasteiger partial charge >= 0.3 is 0 Å². The van der Waals surface area contributed by atoms with Crippen LogP contribution in [0.3, 0.4) is 0 Å². The molecule has 1 aromatic rings. The van der Waals surface area contributed by atoms with Crippen LogP contribution >= 0.6 is 0 Å². The van der Waals surface area contributed by atoms with Gasteiger partial charge in [0.25, 0.3) is 0 Å². The van der Waals surface area contributed by atoms with Gasteiger partial charge in [-0.1, -0.05) is 13.8 Å². The van der Waals surface area contributed by atoms with Crippen LogP contribution in [0.25, 0.3) is 0 Å². The molecular weight excluding hydrogens is 264 g/mol. The minimum absolute atomic E-state index is 0.226. The molecule has 1 N–H and O–H groups in total. The van der Waals surface area contributed by atoms with Crippen LogP contribution < -0.4 is 4.90 Å². The maximum atomic E-state index is 9.57.